The standard InChI is InChI=1S/C7H16O2/c1-3-4-5-6-7(2)9-8/h7-8H,3-6H2,1-2H3/t7-/m1/s1. The first-order valence-corrected chi connectivity index (χ1v) is 3.61. The summed E-state index contributed by atoms with van der Waals surface area (Å²) >= 11 is 0. The van der Waals surface area contributed by atoms with Gasteiger partial charge in [0, 0.05) is 0 Å². The molecule has 2 nitrogen and oxygen atoms in total. The van der Waals surface area contributed by atoms with Crippen LogP contribution in [0.5, 0.6) is 0 Å². The van der Waals surface area contributed by atoms with Gasteiger partial charge in [-0.15, -0.1) is 0 Å². The monoisotopic (exact) mass is 132 g/mol. The van der Waals surface area contributed by atoms with E-state index >= 15 is 0 Å². The van der Waals surface area contributed by atoms with Crippen LogP contribution in [0.25, 0.3) is 0 Å². The molecule has 9 heavy (non-hydrogen) atoms. The molecule has 0 aromatic heterocycles. The van der Waals surface area contributed by atoms with E-state index < -0.39 is 0 Å². The van der Waals surface area contributed by atoms with Crippen molar-refractivity contribution < 1.29 is 10.1 Å². The molecule has 1 N–H and O–H groups in total. The van der Waals surface area contributed by atoms with E-state index in [4.69, 9.17) is 5.26 Å². The molecule has 0 radical (unpaired) electrons. The molecular formula is C7H16O2. The predicted molar refractivity (Wildman–Crippen MR) is 37.3 cm³/mol. The third-order valence-electron chi connectivity index (χ3n) is 1.39. The predicted octanol–water partition coefficient (Wildman–Crippen LogP) is 2.44. The fourth-order valence-corrected chi connectivity index (χ4v) is 0.734. The van der Waals surface area contributed by atoms with Crippen LogP contribution in [-0.2, 0) is 4.89 Å². The van der Waals surface area contributed by atoms with E-state index in [1.165, 1.54) is 12.8 Å². The summed E-state index contributed by atoms with van der Waals surface area (Å²) in [6, 6.07) is 0. The number of unbranched alkanes of at least 4 members (excludes halogenated alkanes) is 2. The minimum absolute atomic E-state index is 0.0107. The van der Waals surface area contributed by atoms with Crippen molar-refractivity contribution in [1.29, 1.82) is 0 Å². The van der Waals surface area contributed by atoms with Crippen molar-refractivity contribution in [1.82, 2.24) is 0 Å². The maximum atomic E-state index is 8.13. The van der Waals surface area contributed by atoms with Crippen molar-refractivity contribution in [2.75, 3.05) is 0 Å². The lowest BCUT2D eigenvalue weighted by Gasteiger charge is -2.04. The summed E-state index contributed by atoms with van der Waals surface area (Å²) in [5, 5.41) is 8.13. The van der Waals surface area contributed by atoms with Crippen LogP contribution < -0.4 is 0 Å². The lowest BCUT2D eigenvalue weighted by atomic mass is 10.1. The Balaban J connectivity index is 2.88. The second kappa shape index (κ2) is 6.05. The Morgan fingerprint density at radius 3 is 2.56 bits per heavy atom. The fourth-order valence-electron chi connectivity index (χ4n) is 0.734. The zero-order valence-electron chi connectivity index (χ0n) is 6.26. The van der Waals surface area contributed by atoms with Crippen molar-refractivity contribution in [2.24, 2.45) is 0 Å². The van der Waals surface area contributed by atoms with Gasteiger partial charge in [-0.3, -0.25) is 5.26 Å². The first kappa shape index (κ1) is 8.92. The Morgan fingerprint density at radius 1 is 1.44 bits per heavy atom. The Hall–Kier alpha value is -0.0800. The van der Waals surface area contributed by atoms with Gasteiger partial charge in [-0.05, 0) is 13.3 Å². The van der Waals surface area contributed by atoms with Gasteiger partial charge in [-0.25, -0.2) is 4.89 Å². The Morgan fingerprint density at radius 2 is 2.11 bits per heavy atom. The maximum absolute atomic E-state index is 8.13. The van der Waals surface area contributed by atoms with E-state index in [1.54, 1.807) is 0 Å². The van der Waals surface area contributed by atoms with Crippen LogP contribution in [0.3, 0.4) is 0 Å². The molecule has 0 aromatic carbocycles. The van der Waals surface area contributed by atoms with Crippen molar-refractivity contribution in [3.63, 3.8) is 0 Å². The third-order valence-corrected chi connectivity index (χ3v) is 1.39. The molecule has 0 saturated heterocycles. The second-order valence-corrected chi connectivity index (χ2v) is 2.41. The van der Waals surface area contributed by atoms with Crippen molar-refractivity contribution in [3.8, 4) is 0 Å². The van der Waals surface area contributed by atoms with Gasteiger partial charge in [-0.1, -0.05) is 26.2 Å². The van der Waals surface area contributed by atoms with E-state index in [1.807, 2.05) is 6.92 Å². The van der Waals surface area contributed by atoms with E-state index in [-0.39, 0.29) is 6.10 Å². The molecule has 56 valence electrons. The van der Waals surface area contributed by atoms with Crippen LogP contribution in [0.4, 0.5) is 0 Å². The van der Waals surface area contributed by atoms with Crippen molar-refractivity contribution in [3.05, 3.63) is 0 Å². The SMILES string of the molecule is CCCCC[C@@H](C)OO. The highest BCUT2D eigenvalue weighted by Crippen LogP contribution is 2.04. The average Bonchev–Trinajstić information content (AvgIpc) is 1.89. The number of hydrogen-bond donors (Lipinski definition) is 1. The molecule has 1 atom stereocenters. The highest BCUT2D eigenvalue weighted by Gasteiger charge is 1.98. The molecule has 0 aliphatic carbocycles. The topological polar surface area (TPSA) is 29.5 Å². The van der Waals surface area contributed by atoms with E-state index in [2.05, 4.69) is 11.8 Å². The first-order chi connectivity index (χ1) is 4.31. The molecule has 0 aliphatic rings. The average molecular weight is 132 g/mol. The molecule has 0 unspecified atom stereocenters. The summed E-state index contributed by atoms with van der Waals surface area (Å²) in [4.78, 5) is 4.10. The third kappa shape index (κ3) is 5.80. The quantitative estimate of drug-likeness (QED) is 0.353. The largest absolute Gasteiger partial charge is 0.252 e. The molecule has 0 saturated carbocycles. The maximum Gasteiger partial charge on any atom is 0.0899 e. The van der Waals surface area contributed by atoms with E-state index in [0.717, 1.165) is 12.8 Å². The van der Waals surface area contributed by atoms with E-state index in [0.29, 0.717) is 0 Å². The zero-order chi connectivity index (χ0) is 7.11. The van der Waals surface area contributed by atoms with E-state index in [9.17, 15) is 0 Å². The molecule has 0 amide bonds. The summed E-state index contributed by atoms with van der Waals surface area (Å²) in [5.74, 6) is 0. The van der Waals surface area contributed by atoms with Gasteiger partial charge in [-0.2, -0.15) is 0 Å². The molecular weight excluding hydrogens is 116 g/mol. The van der Waals surface area contributed by atoms with Crippen LogP contribution in [-0.4, -0.2) is 11.4 Å². The second-order valence-electron chi connectivity index (χ2n) is 2.41. The number of hydrogen-bond acceptors (Lipinski definition) is 2. The van der Waals surface area contributed by atoms with Crippen LogP contribution >= 0.6 is 0 Å². The summed E-state index contributed by atoms with van der Waals surface area (Å²) in [7, 11) is 0. The molecule has 2 heteroatoms. The summed E-state index contributed by atoms with van der Waals surface area (Å²) in [5.41, 5.74) is 0. The Kier molecular flexibility index (Phi) is 5.99. The van der Waals surface area contributed by atoms with Gasteiger partial charge >= 0.3 is 0 Å². The van der Waals surface area contributed by atoms with Crippen LogP contribution in [0.2, 0.25) is 0 Å². The number of rotatable bonds is 5. The van der Waals surface area contributed by atoms with Crippen LogP contribution in [0.1, 0.15) is 39.5 Å². The van der Waals surface area contributed by atoms with Gasteiger partial charge in [0.15, 0.2) is 0 Å². The molecule has 0 fully saturated rings. The normalized spacial score (nSPS) is 13.7. The van der Waals surface area contributed by atoms with Gasteiger partial charge in [0.1, 0.15) is 0 Å². The summed E-state index contributed by atoms with van der Waals surface area (Å²) < 4.78 is 0. The Labute approximate surface area is 56.8 Å². The van der Waals surface area contributed by atoms with Crippen LogP contribution in [0, 0.1) is 0 Å². The molecule has 0 aliphatic heterocycles. The molecule has 0 spiro atoms. The summed E-state index contributed by atoms with van der Waals surface area (Å²) in [6.45, 7) is 4.03. The van der Waals surface area contributed by atoms with Gasteiger partial charge in [0.25, 0.3) is 0 Å². The van der Waals surface area contributed by atoms with Gasteiger partial charge < -0.3 is 0 Å². The molecule has 0 rings (SSSR count). The highest BCUT2D eigenvalue weighted by molar-refractivity contribution is 4.47. The smallest absolute Gasteiger partial charge is 0.0899 e. The molecule has 0 heterocycles. The Bertz CT molecular complexity index is 54.9. The molecule has 0 bridgehead atoms. The summed E-state index contributed by atoms with van der Waals surface area (Å²) in [6.07, 6.45) is 4.57. The minimum atomic E-state index is 0.0107. The first-order valence-electron chi connectivity index (χ1n) is 3.61. The van der Waals surface area contributed by atoms with Gasteiger partial charge in [0.05, 0.1) is 6.10 Å². The lowest BCUT2D eigenvalue weighted by Crippen LogP contribution is -2.03. The zero-order valence-corrected chi connectivity index (χ0v) is 6.26. The van der Waals surface area contributed by atoms with Crippen molar-refractivity contribution >= 4 is 0 Å². The lowest BCUT2D eigenvalue weighted by molar-refractivity contribution is -0.275. The van der Waals surface area contributed by atoms with Crippen LogP contribution in [0.15, 0.2) is 0 Å². The molecule has 0 aromatic rings. The van der Waals surface area contributed by atoms with Gasteiger partial charge in [0.2, 0.25) is 0 Å². The van der Waals surface area contributed by atoms with Crippen molar-refractivity contribution in [2.45, 2.75) is 45.6 Å². The fraction of sp³-hybridized carbons (Fsp3) is 1.00. The minimum Gasteiger partial charge on any atom is -0.252 e. The highest BCUT2D eigenvalue weighted by atomic mass is 17.1.